The fourth-order valence-electron chi connectivity index (χ4n) is 2.19. The summed E-state index contributed by atoms with van der Waals surface area (Å²) < 4.78 is 0. The first-order valence-corrected chi connectivity index (χ1v) is 9.31. The van der Waals surface area contributed by atoms with Crippen LogP contribution in [0.4, 0.5) is 0 Å². The van der Waals surface area contributed by atoms with Gasteiger partial charge in [-0.25, -0.2) is 0 Å². The Morgan fingerprint density at radius 1 is 0.455 bits per heavy atom. The highest BCUT2D eigenvalue weighted by molar-refractivity contribution is 7.99. The van der Waals surface area contributed by atoms with Crippen LogP contribution in [0.5, 0.6) is 0 Å². The molecule has 0 N–H and O–H groups in total. The molecule has 3 aromatic carbocycles. The highest BCUT2D eigenvalue weighted by atomic mass is 32.2. The van der Waals surface area contributed by atoms with E-state index in [4.69, 9.17) is 0 Å². The van der Waals surface area contributed by atoms with Crippen LogP contribution in [0.1, 0.15) is 11.1 Å². The maximum absolute atomic E-state index is 2.25. The molecule has 0 aromatic heterocycles. The molecule has 0 saturated carbocycles. The van der Waals surface area contributed by atoms with Gasteiger partial charge in [-0.3, -0.25) is 0 Å². The quantitative estimate of drug-likeness (QED) is 0.490. The molecular weight excluding hydrogens is 304 g/mol. The van der Waals surface area contributed by atoms with Gasteiger partial charge in [-0.15, -0.1) is 23.5 Å². The smallest absolute Gasteiger partial charge is 0.0235 e. The summed E-state index contributed by atoms with van der Waals surface area (Å²) in [4.78, 5) is 2.65. The SMILES string of the molecule is c1ccc(SCc2ccccc2CSc2ccccc2)cc1. The minimum atomic E-state index is 1.02. The van der Waals surface area contributed by atoms with Crippen LogP contribution in [0.15, 0.2) is 94.7 Å². The third kappa shape index (κ3) is 4.43. The van der Waals surface area contributed by atoms with Gasteiger partial charge in [-0.05, 0) is 35.4 Å². The number of hydrogen-bond acceptors (Lipinski definition) is 2. The Balaban J connectivity index is 1.65. The van der Waals surface area contributed by atoms with Crippen molar-refractivity contribution in [3.8, 4) is 0 Å². The van der Waals surface area contributed by atoms with Crippen LogP contribution in [0, 0.1) is 0 Å². The zero-order valence-electron chi connectivity index (χ0n) is 12.3. The van der Waals surface area contributed by atoms with Crippen LogP contribution in [-0.4, -0.2) is 0 Å². The van der Waals surface area contributed by atoms with Crippen molar-refractivity contribution in [1.29, 1.82) is 0 Å². The highest BCUT2D eigenvalue weighted by Crippen LogP contribution is 2.28. The molecule has 0 spiro atoms. The molecule has 3 aromatic rings. The Morgan fingerprint density at radius 3 is 1.23 bits per heavy atom. The summed E-state index contributed by atoms with van der Waals surface area (Å²) in [6.45, 7) is 0. The van der Waals surface area contributed by atoms with E-state index in [1.165, 1.54) is 20.9 Å². The molecule has 0 unspecified atom stereocenters. The van der Waals surface area contributed by atoms with Gasteiger partial charge < -0.3 is 0 Å². The number of thioether (sulfide) groups is 2. The van der Waals surface area contributed by atoms with E-state index in [1.54, 1.807) is 0 Å². The van der Waals surface area contributed by atoms with Crippen molar-refractivity contribution in [3.05, 3.63) is 96.1 Å². The summed E-state index contributed by atoms with van der Waals surface area (Å²) >= 11 is 3.80. The molecule has 0 saturated heterocycles. The second-order valence-electron chi connectivity index (χ2n) is 4.97. The van der Waals surface area contributed by atoms with E-state index in [0.717, 1.165) is 11.5 Å². The lowest BCUT2D eigenvalue weighted by molar-refractivity contribution is 1.27. The first-order chi connectivity index (χ1) is 10.9. The highest BCUT2D eigenvalue weighted by Gasteiger charge is 2.04. The van der Waals surface area contributed by atoms with Crippen molar-refractivity contribution in [2.75, 3.05) is 0 Å². The van der Waals surface area contributed by atoms with E-state index in [0.29, 0.717) is 0 Å². The van der Waals surface area contributed by atoms with E-state index in [2.05, 4.69) is 84.9 Å². The summed E-state index contributed by atoms with van der Waals surface area (Å²) in [5, 5.41) is 0. The van der Waals surface area contributed by atoms with Gasteiger partial charge in [0.25, 0.3) is 0 Å². The van der Waals surface area contributed by atoms with E-state index < -0.39 is 0 Å². The lowest BCUT2D eigenvalue weighted by Gasteiger charge is -2.09. The van der Waals surface area contributed by atoms with Gasteiger partial charge in [0.2, 0.25) is 0 Å². The van der Waals surface area contributed by atoms with Crippen molar-refractivity contribution in [1.82, 2.24) is 0 Å². The minimum Gasteiger partial charge on any atom is -0.121 e. The van der Waals surface area contributed by atoms with Crippen LogP contribution in [0.25, 0.3) is 0 Å². The van der Waals surface area contributed by atoms with E-state index in [-0.39, 0.29) is 0 Å². The lowest BCUT2D eigenvalue weighted by atomic mass is 10.1. The van der Waals surface area contributed by atoms with Crippen LogP contribution in [0.2, 0.25) is 0 Å². The van der Waals surface area contributed by atoms with Gasteiger partial charge in [0.05, 0.1) is 0 Å². The van der Waals surface area contributed by atoms with Gasteiger partial charge in [0.15, 0.2) is 0 Å². The van der Waals surface area contributed by atoms with E-state index in [9.17, 15) is 0 Å². The van der Waals surface area contributed by atoms with Crippen molar-refractivity contribution in [3.63, 3.8) is 0 Å². The molecule has 22 heavy (non-hydrogen) atoms. The predicted octanol–water partition coefficient (Wildman–Crippen LogP) is 6.27. The monoisotopic (exact) mass is 322 g/mol. The average Bonchev–Trinajstić information content (AvgIpc) is 2.61. The van der Waals surface area contributed by atoms with Gasteiger partial charge in [0.1, 0.15) is 0 Å². The standard InChI is InChI=1S/C20H18S2/c1-3-11-19(12-4-1)21-15-17-9-7-8-10-18(17)16-22-20-13-5-2-6-14-20/h1-14H,15-16H2. The van der Waals surface area contributed by atoms with Crippen molar-refractivity contribution in [2.45, 2.75) is 21.3 Å². The van der Waals surface area contributed by atoms with Crippen molar-refractivity contribution >= 4 is 23.5 Å². The Labute approximate surface area is 141 Å². The molecular formula is C20H18S2. The fourth-order valence-corrected chi connectivity index (χ4v) is 4.10. The molecule has 0 bridgehead atoms. The molecule has 0 amide bonds. The normalized spacial score (nSPS) is 10.5. The van der Waals surface area contributed by atoms with Gasteiger partial charge >= 0.3 is 0 Å². The van der Waals surface area contributed by atoms with Gasteiger partial charge in [0, 0.05) is 21.3 Å². The molecule has 0 aliphatic carbocycles. The Morgan fingerprint density at radius 2 is 0.818 bits per heavy atom. The van der Waals surface area contributed by atoms with Gasteiger partial charge in [-0.1, -0.05) is 60.7 Å². The molecule has 3 rings (SSSR count). The molecule has 0 nitrogen and oxygen atoms in total. The molecule has 0 heterocycles. The zero-order chi connectivity index (χ0) is 15.0. The first kappa shape index (κ1) is 15.3. The predicted molar refractivity (Wildman–Crippen MR) is 98.4 cm³/mol. The van der Waals surface area contributed by atoms with Crippen molar-refractivity contribution in [2.24, 2.45) is 0 Å². The molecule has 0 atom stereocenters. The first-order valence-electron chi connectivity index (χ1n) is 7.34. The second-order valence-corrected chi connectivity index (χ2v) is 7.07. The molecule has 0 radical (unpaired) electrons. The summed E-state index contributed by atoms with van der Waals surface area (Å²) in [7, 11) is 0. The maximum atomic E-state index is 2.25. The van der Waals surface area contributed by atoms with Crippen LogP contribution in [-0.2, 0) is 11.5 Å². The second kappa shape index (κ2) is 8.11. The number of hydrogen-bond donors (Lipinski definition) is 0. The third-order valence-electron chi connectivity index (χ3n) is 3.39. The lowest BCUT2D eigenvalue weighted by Crippen LogP contribution is -1.90. The molecule has 110 valence electrons. The van der Waals surface area contributed by atoms with Crippen LogP contribution >= 0.6 is 23.5 Å². The summed E-state index contributed by atoms with van der Waals surface area (Å²) in [6.07, 6.45) is 0. The van der Waals surface area contributed by atoms with Crippen LogP contribution < -0.4 is 0 Å². The summed E-state index contributed by atoms with van der Waals surface area (Å²) in [5.41, 5.74) is 2.86. The third-order valence-corrected chi connectivity index (χ3v) is 5.52. The molecule has 0 fully saturated rings. The van der Waals surface area contributed by atoms with Crippen molar-refractivity contribution < 1.29 is 0 Å². The number of benzene rings is 3. The maximum Gasteiger partial charge on any atom is 0.0235 e. The molecule has 0 aliphatic rings. The Hall–Kier alpha value is -1.64. The molecule has 0 aliphatic heterocycles. The summed E-state index contributed by atoms with van der Waals surface area (Å²) in [5.74, 6) is 2.05. The molecule has 2 heteroatoms. The summed E-state index contributed by atoms with van der Waals surface area (Å²) in [6, 6.07) is 30.0. The zero-order valence-corrected chi connectivity index (χ0v) is 13.9. The van der Waals surface area contributed by atoms with E-state index >= 15 is 0 Å². The topological polar surface area (TPSA) is 0 Å². The largest absolute Gasteiger partial charge is 0.121 e. The Bertz CT molecular complexity index is 631. The van der Waals surface area contributed by atoms with Crippen LogP contribution in [0.3, 0.4) is 0 Å². The Kier molecular flexibility index (Phi) is 5.63. The number of rotatable bonds is 6. The average molecular weight is 322 g/mol. The minimum absolute atomic E-state index is 1.02. The van der Waals surface area contributed by atoms with E-state index in [1.807, 2.05) is 23.5 Å². The fraction of sp³-hybridized carbons (Fsp3) is 0.100. The van der Waals surface area contributed by atoms with Gasteiger partial charge in [-0.2, -0.15) is 0 Å².